The summed E-state index contributed by atoms with van der Waals surface area (Å²) in [5.74, 6) is 0.518. The van der Waals surface area contributed by atoms with Crippen molar-refractivity contribution in [2.24, 2.45) is 5.73 Å². The molecule has 0 spiro atoms. The summed E-state index contributed by atoms with van der Waals surface area (Å²) in [5.41, 5.74) is 8.45. The van der Waals surface area contributed by atoms with Crippen molar-refractivity contribution < 1.29 is 9.53 Å². The molecule has 0 saturated carbocycles. The van der Waals surface area contributed by atoms with Gasteiger partial charge in [-0.25, -0.2) is 0 Å². The predicted octanol–water partition coefficient (Wildman–Crippen LogP) is 2.91. The number of ether oxygens (including phenoxy) is 1. The first kappa shape index (κ1) is 18.4. The number of rotatable bonds is 10. The molecule has 0 bridgehead atoms. The van der Waals surface area contributed by atoms with Gasteiger partial charge in [-0.3, -0.25) is 4.79 Å². The van der Waals surface area contributed by atoms with E-state index in [9.17, 15) is 4.79 Å². The third kappa shape index (κ3) is 6.87. The van der Waals surface area contributed by atoms with E-state index < -0.39 is 0 Å². The van der Waals surface area contributed by atoms with Crippen molar-refractivity contribution in [1.82, 2.24) is 5.32 Å². The van der Waals surface area contributed by atoms with E-state index in [1.165, 1.54) is 5.56 Å². The van der Waals surface area contributed by atoms with Crippen LogP contribution in [0.3, 0.4) is 0 Å². The van der Waals surface area contributed by atoms with Crippen LogP contribution in [0.2, 0.25) is 0 Å². The molecule has 1 unspecified atom stereocenters. The summed E-state index contributed by atoms with van der Waals surface area (Å²) in [5, 5.41) is 2.87. The highest BCUT2D eigenvalue weighted by atomic mass is 16.5. The van der Waals surface area contributed by atoms with Crippen molar-refractivity contribution in [3.63, 3.8) is 0 Å². The van der Waals surface area contributed by atoms with Crippen molar-refractivity contribution in [3.8, 4) is 0 Å². The van der Waals surface area contributed by atoms with Gasteiger partial charge in [0.1, 0.15) is 0 Å². The summed E-state index contributed by atoms with van der Waals surface area (Å²) in [7, 11) is 0. The van der Waals surface area contributed by atoms with Gasteiger partial charge in [-0.2, -0.15) is 0 Å². The topological polar surface area (TPSA) is 64.3 Å². The number of benzene rings is 1. The van der Waals surface area contributed by atoms with Crippen molar-refractivity contribution in [3.05, 3.63) is 48.0 Å². The van der Waals surface area contributed by atoms with Crippen LogP contribution in [0.4, 0.5) is 0 Å². The van der Waals surface area contributed by atoms with E-state index in [2.05, 4.69) is 37.9 Å². The summed E-state index contributed by atoms with van der Waals surface area (Å²) in [6.07, 6.45) is 2.86. The molecule has 122 valence electrons. The minimum atomic E-state index is -0.179. The number of hydrogen-bond donors (Lipinski definition) is 2. The van der Waals surface area contributed by atoms with Gasteiger partial charge in [-0.1, -0.05) is 44.2 Å². The molecule has 0 aliphatic heterocycles. The number of hydrogen-bond acceptors (Lipinski definition) is 3. The minimum absolute atomic E-state index is 0.0106. The quantitative estimate of drug-likeness (QED) is 0.516. The molecule has 0 aliphatic carbocycles. The Balaban J connectivity index is 2.28. The Kier molecular flexibility index (Phi) is 8.48. The normalized spacial score (nSPS) is 12.2. The molecule has 22 heavy (non-hydrogen) atoms. The first-order valence-corrected chi connectivity index (χ1v) is 7.85. The van der Waals surface area contributed by atoms with Gasteiger partial charge in [0.2, 0.25) is 5.91 Å². The smallest absolute Gasteiger partial charge is 0.220 e. The van der Waals surface area contributed by atoms with Crippen molar-refractivity contribution >= 4 is 5.91 Å². The third-order valence-corrected chi connectivity index (χ3v) is 3.48. The monoisotopic (exact) mass is 304 g/mol. The molecule has 1 aromatic carbocycles. The lowest BCUT2D eigenvalue weighted by atomic mass is 9.99. The molecule has 0 fully saturated rings. The van der Waals surface area contributed by atoms with Crippen LogP contribution in [-0.2, 0) is 9.53 Å². The Bertz CT molecular complexity index is 455. The molecule has 0 heterocycles. The van der Waals surface area contributed by atoms with E-state index in [1.807, 2.05) is 12.1 Å². The van der Waals surface area contributed by atoms with Gasteiger partial charge in [0.15, 0.2) is 0 Å². The Labute approximate surface area is 133 Å². The Hall–Kier alpha value is -1.65. The number of amides is 1. The fourth-order valence-electron chi connectivity index (χ4n) is 2.06. The van der Waals surface area contributed by atoms with Crippen molar-refractivity contribution in [1.29, 1.82) is 0 Å². The molecule has 1 atom stereocenters. The zero-order chi connectivity index (χ0) is 16.4. The second-order valence-corrected chi connectivity index (χ2v) is 5.70. The molecular weight excluding hydrogens is 276 g/mol. The average Bonchev–Trinajstić information content (AvgIpc) is 2.52. The van der Waals surface area contributed by atoms with E-state index >= 15 is 0 Å². The molecule has 0 saturated heterocycles. The van der Waals surface area contributed by atoms with E-state index in [-0.39, 0.29) is 11.9 Å². The van der Waals surface area contributed by atoms with Gasteiger partial charge >= 0.3 is 0 Å². The highest BCUT2D eigenvalue weighted by Crippen LogP contribution is 2.17. The van der Waals surface area contributed by atoms with E-state index in [0.29, 0.717) is 38.5 Å². The maximum absolute atomic E-state index is 11.7. The highest BCUT2D eigenvalue weighted by Gasteiger charge is 2.09. The lowest BCUT2D eigenvalue weighted by Crippen LogP contribution is -2.31. The van der Waals surface area contributed by atoms with Crippen LogP contribution in [0.1, 0.15) is 49.8 Å². The van der Waals surface area contributed by atoms with Crippen LogP contribution >= 0.6 is 0 Å². The number of carbonyl (C=O) groups excluding carboxylic acids is 1. The van der Waals surface area contributed by atoms with Gasteiger partial charge in [0.25, 0.3) is 0 Å². The molecule has 0 aromatic heterocycles. The fraction of sp³-hybridized carbons (Fsp3) is 0.500. The Morgan fingerprint density at radius 3 is 2.55 bits per heavy atom. The number of nitrogens with one attached hydrogen (secondary N) is 1. The van der Waals surface area contributed by atoms with Crippen molar-refractivity contribution in [2.45, 2.75) is 38.6 Å². The Morgan fingerprint density at radius 2 is 1.95 bits per heavy atom. The second-order valence-electron chi connectivity index (χ2n) is 5.70. The lowest BCUT2D eigenvalue weighted by Gasteiger charge is -2.14. The zero-order valence-electron chi connectivity index (χ0n) is 13.7. The van der Waals surface area contributed by atoms with E-state index in [0.717, 1.165) is 5.56 Å². The van der Waals surface area contributed by atoms with Crippen LogP contribution < -0.4 is 11.1 Å². The molecule has 0 radical (unpaired) electrons. The maximum Gasteiger partial charge on any atom is 0.220 e. The molecular formula is C18H28N2O2. The lowest BCUT2D eigenvalue weighted by molar-refractivity contribution is -0.121. The second kappa shape index (κ2) is 10.1. The van der Waals surface area contributed by atoms with Crippen LogP contribution in [0.25, 0.3) is 0 Å². The highest BCUT2D eigenvalue weighted by molar-refractivity contribution is 5.75. The zero-order valence-corrected chi connectivity index (χ0v) is 13.7. The first-order chi connectivity index (χ1) is 10.5. The van der Waals surface area contributed by atoms with E-state index in [4.69, 9.17) is 10.5 Å². The predicted molar refractivity (Wildman–Crippen MR) is 90.7 cm³/mol. The largest absolute Gasteiger partial charge is 0.377 e. The molecule has 1 amide bonds. The first-order valence-electron chi connectivity index (χ1n) is 7.85. The maximum atomic E-state index is 11.7. The molecule has 4 nitrogen and oxygen atoms in total. The SMILES string of the molecule is C=CCOCCCC(=O)NCC(N)c1ccc(C(C)C)cc1. The van der Waals surface area contributed by atoms with Gasteiger partial charge in [0.05, 0.1) is 6.61 Å². The summed E-state index contributed by atoms with van der Waals surface area (Å²) in [6.45, 7) is 9.44. The van der Waals surface area contributed by atoms with Gasteiger partial charge < -0.3 is 15.8 Å². The third-order valence-electron chi connectivity index (χ3n) is 3.48. The summed E-state index contributed by atoms with van der Waals surface area (Å²) < 4.78 is 5.24. The standard InChI is InChI=1S/C18H28N2O2/c1-4-11-22-12-5-6-18(21)20-13-17(19)16-9-7-15(8-10-16)14(2)3/h4,7-10,14,17H,1,5-6,11-13,19H2,2-3H3,(H,20,21). The average molecular weight is 304 g/mol. The van der Waals surface area contributed by atoms with Gasteiger partial charge in [-0.15, -0.1) is 6.58 Å². The molecule has 1 rings (SSSR count). The van der Waals surface area contributed by atoms with Gasteiger partial charge in [-0.05, 0) is 23.5 Å². The minimum Gasteiger partial charge on any atom is -0.377 e. The van der Waals surface area contributed by atoms with Gasteiger partial charge in [0, 0.05) is 25.6 Å². The molecule has 1 aromatic rings. The van der Waals surface area contributed by atoms with Crippen LogP contribution in [0.5, 0.6) is 0 Å². The fourth-order valence-corrected chi connectivity index (χ4v) is 2.06. The molecule has 0 aliphatic rings. The van der Waals surface area contributed by atoms with Crippen LogP contribution in [0.15, 0.2) is 36.9 Å². The van der Waals surface area contributed by atoms with Crippen LogP contribution in [0, 0.1) is 0 Å². The number of nitrogens with two attached hydrogens (primary N) is 1. The molecule has 4 heteroatoms. The van der Waals surface area contributed by atoms with E-state index in [1.54, 1.807) is 6.08 Å². The van der Waals surface area contributed by atoms with Crippen LogP contribution in [-0.4, -0.2) is 25.7 Å². The summed E-state index contributed by atoms with van der Waals surface area (Å²) in [6, 6.07) is 8.09. The molecule has 3 N–H and O–H groups in total. The number of carbonyl (C=O) groups is 1. The van der Waals surface area contributed by atoms with Crippen molar-refractivity contribution in [2.75, 3.05) is 19.8 Å². The summed E-state index contributed by atoms with van der Waals surface area (Å²) >= 11 is 0. The Morgan fingerprint density at radius 1 is 1.32 bits per heavy atom. The summed E-state index contributed by atoms with van der Waals surface area (Å²) in [4.78, 5) is 11.7.